The van der Waals surface area contributed by atoms with Gasteiger partial charge in [-0.15, -0.1) is 0 Å². The summed E-state index contributed by atoms with van der Waals surface area (Å²) < 4.78 is 38.3. The summed E-state index contributed by atoms with van der Waals surface area (Å²) in [6.07, 6.45) is 1.58. The van der Waals surface area contributed by atoms with Gasteiger partial charge in [0.05, 0.1) is 23.0 Å². The molecule has 4 rings (SSSR count). The zero-order chi connectivity index (χ0) is 25.1. The summed E-state index contributed by atoms with van der Waals surface area (Å²) in [7, 11) is 1.48. The van der Waals surface area contributed by atoms with Crippen LogP contribution >= 0.6 is 39.3 Å². The van der Waals surface area contributed by atoms with E-state index < -0.39 is 17.0 Å². The van der Waals surface area contributed by atoms with E-state index in [0.717, 1.165) is 28.3 Å². The Labute approximate surface area is 217 Å². The summed E-state index contributed by atoms with van der Waals surface area (Å²) in [5, 5.41) is -0.315. The third-order valence-electron chi connectivity index (χ3n) is 5.06. The van der Waals surface area contributed by atoms with Crippen molar-refractivity contribution >= 4 is 56.5 Å². The molecule has 10 heteroatoms. The van der Waals surface area contributed by atoms with E-state index in [0.29, 0.717) is 27.1 Å². The molecule has 5 nitrogen and oxygen atoms in total. The van der Waals surface area contributed by atoms with Crippen molar-refractivity contribution in [2.24, 2.45) is 0 Å². The molecule has 0 aliphatic carbocycles. The highest BCUT2D eigenvalue weighted by Gasteiger charge is 2.35. The molecule has 1 fully saturated rings. The number of hydrogen-bond donors (Lipinski definition) is 0. The van der Waals surface area contributed by atoms with Crippen LogP contribution in [0.1, 0.15) is 16.7 Å². The normalized spacial score (nSPS) is 14.7. The molecule has 3 aromatic carbocycles. The molecule has 0 aromatic heterocycles. The van der Waals surface area contributed by atoms with Gasteiger partial charge in [0.1, 0.15) is 18.2 Å². The summed E-state index contributed by atoms with van der Waals surface area (Å²) in [5.74, 6) is -0.468. The molecule has 1 heterocycles. The molecule has 1 aliphatic rings. The Hall–Kier alpha value is -2.88. The van der Waals surface area contributed by atoms with Crippen LogP contribution in [0.25, 0.3) is 6.08 Å². The van der Waals surface area contributed by atoms with E-state index in [-0.39, 0.29) is 28.9 Å². The Morgan fingerprint density at radius 2 is 1.77 bits per heavy atom. The lowest BCUT2D eigenvalue weighted by molar-refractivity contribution is -0.123. The maximum absolute atomic E-state index is 13.3. The summed E-state index contributed by atoms with van der Waals surface area (Å²) in [5.41, 5.74) is 1.84. The maximum Gasteiger partial charge on any atom is 0.293 e. The topological polar surface area (TPSA) is 55.8 Å². The fraction of sp³-hybridized carbons (Fsp3) is 0.120. The summed E-state index contributed by atoms with van der Waals surface area (Å²) in [4.78, 5) is 26.7. The fourth-order valence-corrected chi connectivity index (χ4v) is 4.95. The molecular weight excluding hydrogens is 564 g/mol. The summed E-state index contributed by atoms with van der Waals surface area (Å²) in [6, 6.07) is 13.2. The Kier molecular flexibility index (Phi) is 7.78. The number of halogens is 4. The highest BCUT2D eigenvalue weighted by molar-refractivity contribution is 9.10. The minimum absolute atomic E-state index is 0.0652. The van der Waals surface area contributed by atoms with Gasteiger partial charge in [0.15, 0.2) is 11.5 Å². The number of benzene rings is 3. The predicted octanol–water partition coefficient (Wildman–Crippen LogP) is 7.20. The van der Waals surface area contributed by atoms with Gasteiger partial charge in [-0.05, 0) is 86.9 Å². The predicted molar refractivity (Wildman–Crippen MR) is 134 cm³/mol. The molecular formula is C25H17BrClF2NO4S. The van der Waals surface area contributed by atoms with Crippen molar-refractivity contribution in [3.8, 4) is 11.5 Å². The first-order chi connectivity index (χ1) is 16.7. The Bertz CT molecular complexity index is 1330. The standard InChI is InChI=1S/C25H17BrClF2NO4S/c1-33-21-9-15(8-19(26)23(21)34-13-14-2-5-17(28)6-3-14)10-22-24(31)30(25(32)35-22)12-16-4-7-18(29)11-20(16)27/h2-11H,12-13H2,1H3/b22-10+. The van der Waals surface area contributed by atoms with Gasteiger partial charge in [0.25, 0.3) is 11.1 Å². The second-order valence-corrected chi connectivity index (χ2v) is 9.71. The average molecular weight is 581 g/mol. The first-order valence-corrected chi connectivity index (χ1v) is 12.2. The monoisotopic (exact) mass is 579 g/mol. The molecule has 0 N–H and O–H groups in total. The van der Waals surface area contributed by atoms with Crippen LogP contribution in [0, 0.1) is 11.6 Å². The Balaban J connectivity index is 1.53. The van der Waals surface area contributed by atoms with Crippen LogP contribution in [-0.2, 0) is 17.9 Å². The zero-order valence-electron chi connectivity index (χ0n) is 18.2. The molecule has 180 valence electrons. The van der Waals surface area contributed by atoms with Crippen molar-refractivity contribution in [1.29, 1.82) is 0 Å². The van der Waals surface area contributed by atoms with Crippen molar-refractivity contribution in [2.45, 2.75) is 13.2 Å². The molecule has 0 bridgehead atoms. The van der Waals surface area contributed by atoms with Crippen molar-refractivity contribution in [1.82, 2.24) is 4.90 Å². The number of thioether (sulfide) groups is 1. The summed E-state index contributed by atoms with van der Waals surface area (Å²) in [6.45, 7) is 0.129. The van der Waals surface area contributed by atoms with E-state index in [2.05, 4.69) is 15.9 Å². The lowest BCUT2D eigenvalue weighted by Gasteiger charge is -2.14. The minimum Gasteiger partial charge on any atom is -0.493 e. The largest absolute Gasteiger partial charge is 0.493 e. The van der Waals surface area contributed by atoms with Gasteiger partial charge in [0, 0.05) is 5.02 Å². The number of rotatable bonds is 7. The van der Waals surface area contributed by atoms with Gasteiger partial charge >= 0.3 is 0 Å². The fourth-order valence-electron chi connectivity index (χ4n) is 3.31. The van der Waals surface area contributed by atoms with Gasteiger partial charge in [-0.1, -0.05) is 29.8 Å². The molecule has 0 saturated carbocycles. The quantitative estimate of drug-likeness (QED) is 0.277. The lowest BCUT2D eigenvalue weighted by Crippen LogP contribution is -2.27. The average Bonchev–Trinajstić information content (AvgIpc) is 3.08. The third kappa shape index (κ3) is 5.86. The van der Waals surface area contributed by atoms with E-state index in [1.54, 1.807) is 30.3 Å². The Morgan fingerprint density at radius 3 is 2.46 bits per heavy atom. The molecule has 1 saturated heterocycles. The van der Waals surface area contributed by atoms with E-state index >= 15 is 0 Å². The number of carbonyl (C=O) groups excluding carboxylic acids is 2. The molecule has 0 spiro atoms. The SMILES string of the molecule is COc1cc(/C=C2/SC(=O)N(Cc3ccc(F)cc3Cl)C2=O)cc(Br)c1OCc1ccc(F)cc1. The van der Waals surface area contributed by atoms with E-state index in [4.69, 9.17) is 21.1 Å². The van der Waals surface area contributed by atoms with E-state index in [1.807, 2.05) is 0 Å². The van der Waals surface area contributed by atoms with Crippen LogP contribution in [0.3, 0.4) is 0 Å². The van der Waals surface area contributed by atoms with Crippen LogP contribution in [0.2, 0.25) is 5.02 Å². The van der Waals surface area contributed by atoms with Crippen molar-refractivity contribution in [3.05, 3.63) is 97.3 Å². The van der Waals surface area contributed by atoms with Crippen LogP contribution < -0.4 is 9.47 Å². The molecule has 3 aromatic rings. The van der Waals surface area contributed by atoms with E-state index in [9.17, 15) is 18.4 Å². The number of nitrogens with zero attached hydrogens (tertiary/aromatic N) is 1. The molecule has 0 atom stereocenters. The number of imide groups is 1. The number of carbonyl (C=O) groups is 2. The smallest absolute Gasteiger partial charge is 0.293 e. The van der Waals surface area contributed by atoms with Gasteiger partial charge in [-0.25, -0.2) is 8.78 Å². The third-order valence-corrected chi connectivity index (χ3v) is 6.91. The van der Waals surface area contributed by atoms with Gasteiger partial charge in [-0.3, -0.25) is 14.5 Å². The molecule has 2 amide bonds. The summed E-state index contributed by atoms with van der Waals surface area (Å²) >= 11 is 10.3. The number of hydrogen-bond acceptors (Lipinski definition) is 5. The number of ether oxygens (including phenoxy) is 2. The second-order valence-electron chi connectivity index (χ2n) is 7.45. The first kappa shape index (κ1) is 25.2. The molecule has 0 unspecified atom stereocenters. The van der Waals surface area contributed by atoms with Gasteiger partial charge in [0.2, 0.25) is 0 Å². The van der Waals surface area contributed by atoms with Crippen molar-refractivity contribution in [2.75, 3.05) is 7.11 Å². The molecule has 35 heavy (non-hydrogen) atoms. The van der Waals surface area contributed by atoms with Crippen LogP contribution in [0.5, 0.6) is 11.5 Å². The highest BCUT2D eigenvalue weighted by Crippen LogP contribution is 2.40. The molecule has 0 radical (unpaired) electrons. The number of amides is 2. The van der Waals surface area contributed by atoms with Crippen molar-refractivity contribution < 1.29 is 27.8 Å². The first-order valence-electron chi connectivity index (χ1n) is 10.2. The number of methoxy groups -OCH3 is 1. The van der Waals surface area contributed by atoms with Crippen molar-refractivity contribution in [3.63, 3.8) is 0 Å². The van der Waals surface area contributed by atoms with Crippen LogP contribution in [0.15, 0.2) is 64.0 Å². The van der Waals surface area contributed by atoms with Crippen LogP contribution in [-0.4, -0.2) is 23.2 Å². The Morgan fingerprint density at radius 1 is 1.06 bits per heavy atom. The van der Waals surface area contributed by atoms with E-state index in [1.165, 1.54) is 31.4 Å². The minimum atomic E-state index is -0.502. The second kappa shape index (κ2) is 10.8. The van der Waals surface area contributed by atoms with Gasteiger partial charge < -0.3 is 9.47 Å². The van der Waals surface area contributed by atoms with Crippen LogP contribution in [0.4, 0.5) is 13.6 Å². The highest BCUT2D eigenvalue weighted by atomic mass is 79.9. The maximum atomic E-state index is 13.3. The molecule has 1 aliphatic heterocycles. The zero-order valence-corrected chi connectivity index (χ0v) is 21.3. The lowest BCUT2D eigenvalue weighted by atomic mass is 10.1. The van der Waals surface area contributed by atoms with Gasteiger partial charge in [-0.2, -0.15) is 0 Å².